The van der Waals surface area contributed by atoms with Gasteiger partial charge in [0.1, 0.15) is 0 Å². The molecule has 0 atom stereocenters. The highest BCUT2D eigenvalue weighted by Gasteiger charge is 2.14. The van der Waals surface area contributed by atoms with Crippen molar-refractivity contribution in [3.05, 3.63) is 64.2 Å². The quantitative estimate of drug-likeness (QED) is 0.845. The fourth-order valence-corrected chi connectivity index (χ4v) is 3.22. The third kappa shape index (κ3) is 5.31. The van der Waals surface area contributed by atoms with Crippen molar-refractivity contribution >= 4 is 38.9 Å². The Labute approximate surface area is 157 Å². The van der Waals surface area contributed by atoms with Gasteiger partial charge < -0.3 is 10.2 Å². The molecule has 0 aromatic heterocycles. The Hall–Kier alpha value is -2.38. The molecule has 6 nitrogen and oxygen atoms in total. The Bertz CT molecular complexity index is 938. The molecule has 0 bridgehead atoms. The fraction of sp³-hybridized carbons (Fsp3) is 0.222. The Morgan fingerprint density at radius 1 is 1.04 bits per heavy atom. The molecular weight excluding hydrogens is 376 g/mol. The molecule has 0 aliphatic carbocycles. The van der Waals surface area contributed by atoms with Gasteiger partial charge in [0.25, 0.3) is 11.8 Å². The molecule has 0 heterocycles. The van der Waals surface area contributed by atoms with E-state index in [1.165, 1.54) is 11.0 Å². The predicted molar refractivity (Wildman–Crippen MR) is 102 cm³/mol. The van der Waals surface area contributed by atoms with Crippen LogP contribution in [0, 0.1) is 0 Å². The number of nitrogens with zero attached hydrogens (tertiary/aromatic N) is 1. The molecule has 2 amide bonds. The third-order valence-corrected chi connectivity index (χ3v) is 4.70. The van der Waals surface area contributed by atoms with Crippen LogP contribution in [0.1, 0.15) is 26.3 Å². The van der Waals surface area contributed by atoms with Crippen molar-refractivity contribution in [3.63, 3.8) is 0 Å². The number of carbonyl (C=O) groups excluding carboxylic acids is 2. The van der Waals surface area contributed by atoms with Crippen LogP contribution in [0.4, 0.5) is 5.69 Å². The highest BCUT2D eigenvalue weighted by atomic mass is 35.5. The van der Waals surface area contributed by atoms with Crippen molar-refractivity contribution < 1.29 is 18.0 Å². The van der Waals surface area contributed by atoms with Crippen LogP contribution in [0.3, 0.4) is 0 Å². The van der Waals surface area contributed by atoms with E-state index in [1.54, 1.807) is 50.5 Å². The highest BCUT2D eigenvalue weighted by Crippen LogP contribution is 2.24. The number of hydrogen-bond acceptors (Lipinski definition) is 4. The number of amides is 2. The lowest BCUT2D eigenvalue weighted by molar-refractivity contribution is 0.0827. The van der Waals surface area contributed by atoms with Gasteiger partial charge in [-0.3, -0.25) is 9.59 Å². The standard InChI is InChI=1S/C18H19ClN2O4S/c1-21(2)18(23)14-8-9-15(19)16(10-14)20-17(22)13-6-4-12(5-7-13)11-26(3,24)25/h4-10H,11H2,1-3H3,(H,20,22). The molecule has 0 fully saturated rings. The fourth-order valence-electron chi connectivity index (χ4n) is 2.26. The third-order valence-electron chi connectivity index (χ3n) is 3.51. The van der Waals surface area contributed by atoms with Gasteiger partial charge in [0.05, 0.1) is 16.5 Å². The second kappa shape index (κ2) is 7.88. The van der Waals surface area contributed by atoms with Crippen molar-refractivity contribution in [1.82, 2.24) is 4.90 Å². The van der Waals surface area contributed by atoms with Gasteiger partial charge in [0, 0.05) is 31.5 Å². The minimum atomic E-state index is -3.14. The molecule has 138 valence electrons. The van der Waals surface area contributed by atoms with Crippen molar-refractivity contribution in [3.8, 4) is 0 Å². The first kappa shape index (κ1) is 19.9. The van der Waals surface area contributed by atoms with Gasteiger partial charge in [-0.05, 0) is 35.9 Å². The van der Waals surface area contributed by atoms with Crippen molar-refractivity contribution in [2.45, 2.75) is 5.75 Å². The Kier molecular flexibility index (Phi) is 6.05. The van der Waals surface area contributed by atoms with E-state index in [9.17, 15) is 18.0 Å². The Balaban J connectivity index is 2.19. The normalized spacial score (nSPS) is 11.1. The maximum absolute atomic E-state index is 12.4. The van der Waals surface area contributed by atoms with Crippen LogP contribution < -0.4 is 5.32 Å². The monoisotopic (exact) mass is 394 g/mol. The first-order chi connectivity index (χ1) is 12.1. The summed E-state index contributed by atoms with van der Waals surface area (Å²) in [6, 6.07) is 10.9. The zero-order valence-corrected chi connectivity index (χ0v) is 16.2. The molecule has 0 aliphatic heterocycles. The van der Waals surface area contributed by atoms with Gasteiger partial charge in [-0.25, -0.2) is 8.42 Å². The zero-order chi connectivity index (χ0) is 19.5. The summed E-state index contributed by atoms with van der Waals surface area (Å²) in [6.07, 6.45) is 1.15. The first-order valence-corrected chi connectivity index (χ1v) is 10.1. The summed E-state index contributed by atoms with van der Waals surface area (Å²) in [6.45, 7) is 0. The van der Waals surface area contributed by atoms with Crippen molar-refractivity contribution in [1.29, 1.82) is 0 Å². The number of carbonyl (C=O) groups is 2. The van der Waals surface area contributed by atoms with E-state index in [4.69, 9.17) is 11.6 Å². The summed E-state index contributed by atoms with van der Waals surface area (Å²) >= 11 is 6.10. The molecule has 0 radical (unpaired) electrons. The lowest BCUT2D eigenvalue weighted by Crippen LogP contribution is -2.22. The smallest absolute Gasteiger partial charge is 0.255 e. The van der Waals surface area contributed by atoms with Gasteiger partial charge in [-0.2, -0.15) is 0 Å². The first-order valence-electron chi connectivity index (χ1n) is 7.66. The summed E-state index contributed by atoms with van der Waals surface area (Å²) in [4.78, 5) is 25.9. The number of anilines is 1. The average molecular weight is 395 g/mol. The van der Waals surface area contributed by atoms with Gasteiger partial charge in [-0.1, -0.05) is 23.7 Å². The topological polar surface area (TPSA) is 83.6 Å². The van der Waals surface area contributed by atoms with Crippen LogP contribution in [0.5, 0.6) is 0 Å². The van der Waals surface area contributed by atoms with Gasteiger partial charge in [-0.15, -0.1) is 0 Å². The minimum Gasteiger partial charge on any atom is -0.345 e. The van der Waals surface area contributed by atoms with E-state index in [2.05, 4.69) is 5.32 Å². The van der Waals surface area contributed by atoms with Crippen LogP contribution in [0.2, 0.25) is 5.02 Å². The second-order valence-electron chi connectivity index (χ2n) is 6.12. The number of sulfone groups is 1. The Morgan fingerprint density at radius 3 is 2.15 bits per heavy atom. The number of hydrogen-bond donors (Lipinski definition) is 1. The molecule has 0 unspecified atom stereocenters. The molecule has 1 N–H and O–H groups in total. The predicted octanol–water partition coefficient (Wildman–Crippen LogP) is 2.84. The number of rotatable bonds is 5. The largest absolute Gasteiger partial charge is 0.345 e. The Morgan fingerprint density at radius 2 is 1.62 bits per heavy atom. The number of nitrogens with one attached hydrogen (secondary N) is 1. The van der Waals surface area contributed by atoms with Crippen molar-refractivity contribution in [2.24, 2.45) is 0 Å². The summed E-state index contributed by atoms with van der Waals surface area (Å²) in [7, 11) is 0.126. The molecule has 26 heavy (non-hydrogen) atoms. The summed E-state index contributed by atoms with van der Waals surface area (Å²) in [5.74, 6) is -0.704. The van der Waals surface area contributed by atoms with Crippen LogP contribution in [0.15, 0.2) is 42.5 Å². The van der Waals surface area contributed by atoms with Crippen LogP contribution in [0.25, 0.3) is 0 Å². The molecule has 0 aliphatic rings. The van der Waals surface area contributed by atoms with E-state index >= 15 is 0 Å². The van der Waals surface area contributed by atoms with Crippen LogP contribution >= 0.6 is 11.6 Å². The van der Waals surface area contributed by atoms with Gasteiger partial charge in [0.15, 0.2) is 9.84 Å². The summed E-state index contributed by atoms with van der Waals surface area (Å²) in [5, 5.41) is 2.98. The molecule has 2 aromatic carbocycles. The van der Waals surface area contributed by atoms with Crippen LogP contribution in [-0.2, 0) is 15.6 Å². The molecule has 0 spiro atoms. The summed E-state index contributed by atoms with van der Waals surface area (Å²) < 4.78 is 22.6. The second-order valence-corrected chi connectivity index (χ2v) is 8.66. The number of benzene rings is 2. The molecule has 2 rings (SSSR count). The maximum atomic E-state index is 12.4. The maximum Gasteiger partial charge on any atom is 0.255 e. The van der Waals surface area contributed by atoms with Crippen molar-refractivity contribution in [2.75, 3.05) is 25.7 Å². The molecule has 8 heteroatoms. The highest BCUT2D eigenvalue weighted by molar-refractivity contribution is 7.89. The average Bonchev–Trinajstić information content (AvgIpc) is 2.55. The molecule has 2 aromatic rings. The molecular formula is C18H19ClN2O4S. The van der Waals surface area contributed by atoms with E-state index in [0.717, 1.165) is 6.26 Å². The SMILES string of the molecule is CN(C)C(=O)c1ccc(Cl)c(NC(=O)c2ccc(CS(C)(=O)=O)cc2)c1. The summed E-state index contributed by atoms with van der Waals surface area (Å²) in [5.41, 5.74) is 1.67. The van der Waals surface area contributed by atoms with E-state index in [1.807, 2.05) is 0 Å². The zero-order valence-electron chi connectivity index (χ0n) is 14.6. The number of halogens is 1. The van der Waals surface area contributed by atoms with E-state index in [0.29, 0.717) is 27.4 Å². The van der Waals surface area contributed by atoms with E-state index < -0.39 is 15.7 Å². The molecule has 0 saturated heterocycles. The van der Waals surface area contributed by atoms with Gasteiger partial charge in [0.2, 0.25) is 0 Å². The van der Waals surface area contributed by atoms with Gasteiger partial charge >= 0.3 is 0 Å². The minimum absolute atomic E-state index is 0.0879. The lowest BCUT2D eigenvalue weighted by atomic mass is 10.1. The molecule has 0 saturated carbocycles. The van der Waals surface area contributed by atoms with E-state index in [-0.39, 0.29) is 11.7 Å². The lowest BCUT2D eigenvalue weighted by Gasteiger charge is -2.13. The van der Waals surface area contributed by atoms with Crippen LogP contribution in [-0.4, -0.2) is 45.5 Å².